The molecule has 0 amide bonds. The maximum Gasteiger partial charge on any atom is 0.0671 e. The minimum Gasteiger partial charge on any atom is -0.313 e. The molecular formula is C14H19N3. The van der Waals surface area contributed by atoms with Gasteiger partial charge < -0.3 is 5.32 Å². The molecular weight excluding hydrogens is 210 g/mol. The summed E-state index contributed by atoms with van der Waals surface area (Å²) in [6, 6.07) is 8.62. The number of aryl methyl sites for hydroxylation is 2. The fourth-order valence-electron chi connectivity index (χ4n) is 2.00. The van der Waals surface area contributed by atoms with Gasteiger partial charge in [-0.3, -0.25) is 4.68 Å². The summed E-state index contributed by atoms with van der Waals surface area (Å²) in [6.07, 6.45) is 2.07. The van der Waals surface area contributed by atoms with Gasteiger partial charge in [0.05, 0.1) is 5.69 Å². The topological polar surface area (TPSA) is 29.9 Å². The van der Waals surface area contributed by atoms with Crippen LogP contribution in [0.25, 0.3) is 11.1 Å². The van der Waals surface area contributed by atoms with Crippen molar-refractivity contribution in [2.75, 3.05) is 6.54 Å². The first-order valence-electron chi connectivity index (χ1n) is 6.01. The molecule has 3 nitrogen and oxygen atoms in total. The van der Waals surface area contributed by atoms with Crippen LogP contribution in [0.4, 0.5) is 0 Å². The lowest BCUT2D eigenvalue weighted by atomic mass is 10.0. The molecule has 3 heteroatoms. The van der Waals surface area contributed by atoms with E-state index in [-0.39, 0.29) is 0 Å². The molecule has 17 heavy (non-hydrogen) atoms. The number of hydrogen-bond acceptors (Lipinski definition) is 2. The average molecular weight is 229 g/mol. The van der Waals surface area contributed by atoms with Crippen LogP contribution in [-0.2, 0) is 13.6 Å². The molecule has 1 aromatic carbocycles. The first-order chi connectivity index (χ1) is 8.20. The van der Waals surface area contributed by atoms with Crippen LogP contribution in [0.15, 0.2) is 30.5 Å². The predicted octanol–water partition coefficient (Wildman–Crippen LogP) is 2.51. The zero-order valence-electron chi connectivity index (χ0n) is 10.7. The quantitative estimate of drug-likeness (QED) is 0.873. The number of hydrogen-bond donors (Lipinski definition) is 1. The Bertz CT molecular complexity index is 500. The molecule has 0 atom stereocenters. The van der Waals surface area contributed by atoms with Crippen molar-refractivity contribution in [3.8, 4) is 11.1 Å². The van der Waals surface area contributed by atoms with Crippen LogP contribution < -0.4 is 5.32 Å². The van der Waals surface area contributed by atoms with Crippen LogP contribution >= 0.6 is 0 Å². The van der Waals surface area contributed by atoms with Crippen LogP contribution in [0, 0.1) is 6.92 Å². The molecule has 2 aromatic rings. The van der Waals surface area contributed by atoms with Gasteiger partial charge in [-0.2, -0.15) is 5.10 Å². The minimum atomic E-state index is 0.920. The van der Waals surface area contributed by atoms with Gasteiger partial charge in [0.25, 0.3) is 0 Å². The van der Waals surface area contributed by atoms with Crippen molar-refractivity contribution in [3.63, 3.8) is 0 Å². The number of nitrogens with one attached hydrogen (secondary N) is 1. The summed E-state index contributed by atoms with van der Waals surface area (Å²) in [7, 11) is 1.96. The maximum atomic E-state index is 4.38. The molecule has 0 radical (unpaired) electrons. The lowest BCUT2D eigenvalue weighted by Gasteiger charge is -2.05. The Morgan fingerprint density at radius 1 is 1.35 bits per heavy atom. The fraction of sp³-hybridized carbons (Fsp3) is 0.357. The first kappa shape index (κ1) is 11.9. The molecule has 0 aliphatic carbocycles. The summed E-state index contributed by atoms with van der Waals surface area (Å²) in [5.74, 6) is 0. The van der Waals surface area contributed by atoms with Gasteiger partial charge in [0.1, 0.15) is 0 Å². The van der Waals surface area contributed by atoms with Gasteiger partial charge >= 0.3 is 0 Å². The van der Waals surface area contributed by atoms with Crippen LogP contribution in [0.3, 0.4) is 0 Å². The summed E-state index contributed by atoms with van der Waals surface area (Å²) < 4.78 is 1.86. The second-order valence-electron chi connectivity index (χ2n) is 4.28. The first-order valence-corrected chi connectivity index (χ1v) is 6.01. The highest BCUT2D eigenvalue weighted by Crippen LogP contribution is 2.23. The van der Waals surface area contributed by atoms with Crippen molar-refractivity contribution < 1.29 is 0 Å². The third-order valence-corrected chi connectivity index (χ3v) is 2.83. The van der Waals surface area contributed by atoms with Gasteiger partial charge in [-0.05, 0) is 30.7 Å². The molecule has 0 spiro atoms. The number of benzene rings is 1. The monoisotopic (exact) mass is 229 g/mol. The number of rotatable bonds is 4. The average Bonchev–Trinajstić information content (AvgIpc) is 2.66. The molecule has 1 aromatic heterocycles. The van der Waals surface area contributed by atoms with E-state index in [1.807, 2.05) is 18.7 Å². The Morgan fingerprint density at radius 3 is 2.82 bits per heavy atom. The zero-order valence-corrected chi connectivity index (χ0v) is 10.7. The van der Waals surface area contributed by atoms with Crippen molar-refractivity contribution in [3.05, 3.63) is 41.7 Å². The van der Waals surface area contributed by atoms with E-state index in [0.29, 0.717) is 0 Å². The highest BCUT2D eigenvalue weighted by molar-refractivity contribution is 5.65. The van der Waals surface area contributed by atoms with Crippen molar-refractivity contribution in [1.82, 2.24) is 15.1 Å². The van der Waals surface area contributed by atoms with Gasteiger partial charge in [0, 0.05) is 25.4 Å². The van der Waals surface area contributed by atoms with Crippen LogP contribution in [0.2, 0.25) is 0 Å². The van der Waals surface area contributed by atoms with Gasteiger partial charge in [-0.25, -0.2) is 0 Å². The predicted molar refractivity (Wildman–Crippen MR) is 70.8 cm³/mol. The van der Waals surface area contributed by atoms with Gasteiger partial charge in [0.2, 0.25) is 0 Å². The zero-order chi connectivity index (χ0) is 12.3. The summed E-state index contributed by atoms with van der Waals surface area (Å²) in [5, 5.41) is 7.72. The third-order valence-electron chi connectivity index (χ3n) is 2.83. The molecule has 0 aliphatic heterocycles. The number of nitrogens with zero attached hydrogens (tertiary/aromatic N) is 2. The Balaban J connectivity index is 2.29. The lowest BCUT2D eigenvalue weighted by Crippen LogP contribution is -2.11. The molecule has 0 fully saturated rings. The Morgan fingerprint density at radius 2 is 2.18 bits per heavy atom. The molecule has 1 N–H and O–H groups in total. The minimum absolute atomic E-state index is 0.920. The number of aromatic nitrogens is 2. The van der Waals surface area contributed by atoms with E-state index in [9.17, 15) is 0 Å². The molecule has 0 saturated heterocycles. The summed E-state index contributed by atoms with van der Waals surface area (Å²) >= 11 is 0. The summed E-state index contributed by atoms with van der Waals surface area (Å²) in [4.78, 5) is 0. The molecule has 1 heterocycles. The summed E-state index contributed by atoms with van der Waals surface area (Å²) in [6.45, 7) is 6.08. The molecule has 0 unspecified atom stereocenters. The van der Waals surface area contributed by atoms with E-state index >= 15 is 0 Å². The molecule has 2 rings (SSSR count). The van der Waals surface area contributed by atoms with Crippen LogP contribution in [0.5, 0.6) is 0 Å². The summed E-state index contributed by atoms with van der Waals surface area (Å²) in [5.41, 5.74) is 4.84. The van der Waals surface area contributed by atoms with E-state index in [2.05, 4.69) is 47.8 Å². The van der Waals surface area contributed by atoms with Crippen LogP contribution in [-0.4, -0.2) is 16.3 Å². The maximum absolute atomic E-state index is 4.38. The Labute approximate surface area is 102 Å². The second-order valence-corrected chi connectivity index (χ2v) is 4.28. The van der Waals surface area contributed by atoms with E-state index in [1.54, 1.807) is 0 Å². The Hall–Kier alpha value is -1.61. The smallest absolute Gasteiger partial charge is 0.0671 e. The van der Waals surface area contributed by atoms with Crippen molar-refractivity contribution >= 4 is 0 Å². The van der Waals surface area contributed by atoms with E-state index < -0.39 is 0 Å². The standard InChI is InChI=1S/C14H19N3/c1-4-15-9-12-6-5-7-13(8-12)14-10-17(3)16-11(14)2/h5-8,10,15H,4,9H2,1-3H3. The van der Waals surface area contributed by atoms with E-state index in [4.69, 9.17) is 0 Å². The molecule has 0 aliphatic rings. The van der Waals surface area contributed by atoms with Crippen LogP contribution in [0.1, 0.15) is 18.2 Å². The fourth-order valence-corrected chi connectivity index (χ4v) is 2.00. The highest BCUT2D eigenvalue weighted by Gasteiger charge is 2.06. The van der Waals surface area contributed by atoms with Crippen molar-refractivity contribution in [1.29, 1.82) is 0 Å². The highest BCUT2D eigenvalue weighted by atomic mass is 15.2. The van der Waals surface area contributed by atoms with Crippen molar-refractivity contribution in [2.45, 2.75) is 20.4 Å². The van der Waals surface area contributed by atoms with Gasteiger partial charge in [0.15, 0.2) is 0 Å². The van der Waals surface area contributed by atoms with Gasteiger partial charge in [-0.1, -0.05) is 25.1 Å². The van der Waals surface area contributed by atoms with E-state index in [0.717, 1.165) is 18.8 Å². The SMILES string of the molecule is CCNCc1cccc(-c2cn(C)nc2C)c1. The second kappa shape index (κ2) is 5.15. The lowest BCUT2D eigenvalue weighted by molar-refractivity contribution is 0.727. The Kier molecular flexibility index (Phi) is 3.59. The largest absolute Gasteiger partial charge is 0.313 e. The third kappa shape index (κ3) is 2.74. The normalized spacial score (nSPS) is 10.8. The molecule has 0 bridgehead atoms. The van der Waals surface area contributed by atoms with Gasteiger partial charge in [-0.15, -0.1) is 0 Å². The molecule has 0 saturated carbocycles. The van der Waals surface area contributed by atoms with E-state index in [1.165, 1.54) is 16.7 Å². The van der Waals surface area contributed by atoms with Crippen molar-refractivity contribution in [2.24, 2.45) is 7.05 Å². The molecule has 90 valence electrons.